The quantitative estimate of drug-likeness (QED) is 0.541. The predicted octanol–water partition coefficient (Wildman–Crippen LogP) is 4.62. The summed E-state index contributed by atoms with van der Waals surface area (Å²) < 4.78 is 13.0. The number of ether oxygens (including phenoxy) is 2. The van der Waals surface area contributed by atoms with Crippen LogP contribution in [0.3, 0.4) is 0 Å². The van der Waals surface area contributed by atoms with Crippen LogP contribution in [0.4, 0.5) is 0 Å². The van der Waals surface area contributed by atoms with Gasteiger partial charge in [0.25, 0.3) is 5.91 Å². The van der Waals surface area contributed by atoms with E-state index in [0.717, 1.165) is 34.8 Å². The average Bonchev–Trinajstić information content (AvgIpc) is 3.09. The van der Waals surface area contributed by atoms with Gasteiger partial charge in [-0.3, -0.25) is 4.79 Å². The molecule has 0 aliphatic rings. The van der Waals surface area contributed by atoms with Crippen LogP contribution in [-0.2, 0) is 4.74 Å². The summed E-state index contributed by atoms with van der Waals surface area (Å²) in [6.45, 7) is 5.71. The van der Waals surface area contributed by atoms with Gasteiger partial charge in [-0.05, 0) is 44.0 Å². The first-order valence-electron chi connectivity index (χ1n) is 9.94. The number of carbonyl (C=O) groups is 1. The highest BCUT2D eigenvalue weighted by atomic mass is 16.5. The molecule has 0 aliphatic carbocycles. The Hall–Kier alpha value is -3.05. The average molecular weight is 392 g/mol. The summed E-state index contributed by atoms with van der Waals surface area (Å²) in [6.07, 6.45) is 0.778. The molecule has 152 valence electrons. The zero-order valence-corrected chi connectivity index (χ0v) is 17.3. The van der Waals surface area contributed by atoms with Gasteiger partial charge in [-0.15, -0.1) is 0 Å². The van der Waals surface area contributed by atoms with Crippen LogP contribution in [0, 0.1) is 6.92 Å². The Kier molecular flexibility index (Phi) is 7.09. The van der Waals surface area contributed by atoms with Gasteiger partial charge in [0.2, 0.25) is 0 Å². The molecular formula is C24H28N2O3. The third kappa shape index (κ3) is 4.69. The van der Waals surface area contributed by atoms with Gasteiger partial charge < -0.3 is 19.4 Å². The van der Waals surface area contributed by atoms with Gasteiger partial charge in [0.1, 0.15) is 5.75 Å². The van der Waals surface area contributed by atoms with E-state index in [1.165, 1.54) is 0 Å². The third-order valence-electron chi connectivity index (χ3n) is 4.78. The molecule has 0 saturated carbocycles. The molecule has 0 unspecified atom stereocenters. The van der Waals surface area contributed by atoms with Crippen molar-refractivity contribution in [2.75, 3.05) is 26.9 Å². The number of hydrogen-bond acceptors (Lipinski definition) is 3. The van der Waals surface area contributed by atoms with Crippen LogP contribution in [0.2, 0.25) is 0 Å². The molecule has 0 aliphatic heterocycles. The van der Waals surface area contributed by atoms with Crippen molar-refractivity contribution in [3.8, 4) is 22.7 Å². The second kappa shape index (κ2) is 9.94. The second-order valence-electron chi connectivity index (χ2n) is 6.73. The number of amides is 1. The van der Waals surface area contributed by atoms with Crippen LogP contribution < -0.4 is 10.1 Å². The molecule has 0 fully saturated rings. The lowest BCUT2D eigenvalue weighted by Crippen LogP contribution is -2.25. The van der Waals surface area contributed by atoms with Crippen LogP contribution in [0.25, 0.3) is 16.9 Å². The lowest BCUT2D eigenvalue weighted by molar-refractivity contribution is 0.0948. The van der Waals surface area contributed by atoms with E-state index in [1.54, 1.807) is 7.11 Å². The number of hydrogen-bond donors (Lipinski definition) is 1. The summed E-state index contributed by atoms with van der Waals surface area (Å²) in [5, 5.41) is 2.99. The van der Waals surface area contributed by atoms with E-state index in [-0.39, 0.29) is 5.91 Å². The summed E-state index contributed by atoms with van der Waals surface area (Å²) in [5.74, 6) is 0.710. The highest BCUT2D eigenvalue weighted by molar-refractivity contribution is 5.97. The Morgan fingerprint density at radius 1 is 1.07 bits per heavy atom. The second-order valence-corrected chi connectivity index (χ2v) is 6.73. The van der Waals surface area contributed by atoms with Gasteiger partial charge in [-0.2, -0.15) is 0 Å². The standard InChI is InChI=1S/C24H28N2O3/c1-4-29-23-14-9-8-13-21(23)26-18(2)20(24(27)25-15-10-16-28-3)17-22(26)19-11-6-5-7-12-19/h5-9,11-14,17H,4,10,15-16H2,1-3H3,(H,25,27). The first kappa shape index (κ1) is 20.7. The first-order valence-corrected chi connectivity index (χ1v) is 9.94. The number of carbonyl (C=O) groups excluding carboxylic acids is 1. The highest BCUT2D eigenvalue weighted by Gasteiger charge is 2.21. The SMILES string of the molecule is CCOc1ccccc1-n1c(-c2ccccc2)cc(C(=O)NCCCOC)c1C. The van der Waals surface area contributed by atoms with Gasteiger partial charge >= 0.3 is 0 Å². The molecule has 5 nitrogen and oxygen atoms in total. The van der Waals surface area contributed by atoms with E-state index in [9.17, 15) is 4.79 Å². The van der Waals surface area contributed by atoms with Crippen molar-refractivity contribution in [1.82, 2.24) is 9.88 Å². The van der Waals surface area contributed by atoms with Crippen molar-refractivity contribution < 1.29 is 14.3 Å². The summed E-state index contributed by atoms with van der Waals surface area (Å²) in [6, 6.07) is 20.0. The van der Waals surface area contributed by atoms with Crippen molar-refractivity contribution in [2.45, 2.75) is 20.3 Å². The maximum Gasteiger partial charge on any atom is 0.253 e. The van der Waals surface area contributed by atoms with E-state index >= 15 is 0 Å². The van der Waals surface area contributed by atoms with Crippen molar-refractivity contribution in [2.24, 2.45) is 0 Å². The topological polar surface area (TPSA) is 52.5 Å². The minimum Gasteiger partial charge on any atom is -0.492 e. The number of aromatic nitrogens is 1. The summed E-state index contributed by atoms with van der Waals surface area (Å²) >= 11 is 0. The maximum absolute atomic E-state index is 12.9. The first-order chi connectivity index (χ1) is 14.2. The number of nitrogens with zero attached hydrogens (tertiary/aromatic N) is 1. The number of para-hydroxylation sites is 2. The fraction of sp³-hybridized carbons (Fsp3) is 0.292. The van der Waals surface area contributed by atoms with Crippen molar-refractivity contribution in [3.63, 3.8) is 0 Å². The van der Waals surface area contributed by atoms with Gasteiger partial charge in [0, 0.05) is 26.0 Å². The van der Waals surface area contributed by atoms with Crippen LogP contribution in [0.15, 0.2) is 60.7 Å². The van der Waals surface area contributed by atoms with Gasteiger partial charge in [0.05, 0.1) is 23.6 Å². The molecule has 1 amide bonds. The van der Waals surface area contributed by atoms with Crippen LogP contribution >= 0.6 is 0 Å². The number of methoxy groups -OCH3 is 1. The highest BCUT2D eigenvalue weighted by Crippen LogP contribution is 2.33. The van der Waals surface area contributed by atoms with Gasteiger partial charge in [0.15, 0.2) is 0 Å². The third-order valence-corrected chi connectivity index (χ3v) is 4.78. The summed E-state index contributed by atoms with van der Waals surface area (Å²) in [7, 11) is 1.66. The lowest BCUT2D eigenvalue weighted by Gasteiger charge is -2.16. The molecule has 1 N–H and O–H groups in total. The normalized spacial score (nSPS) is 10.7. The molecule has 0 spiro atoms. The summed E-state index contributed by atoms with van der Waals surface area (Å²) in [5.41, 5.74) is 4.45. The molecule has 0 saturated heterocycles. The van der Waals surface area contributed by atoms with E-state index < -0.39 is 0 Å². The monoisotopic (exact) mass is 392 g/mol. The molecule has 29 heavy (non-hydrogen) atoms. The molecule has 2 aromatic carbocycles. The molecule has 3 rings (SSSR count). The van der Waals surface area contributed by atoms with Crippen molar-refractivity contribution in [1.29, 1.82) is 0 Å². The Morgan fingerprint density at radius 2 is 1.79 bits per heavy atom. The smallest absolute Gasteiger partial charge is 0.253 e. The van der Waals surface area contributed by atoms with Crippen LogP contribution in [0.1, 0.15) is 29.4 Å². The maximum atomic E-state index is 12.9. The molecule has 0 radical (unpaired) electrons. The molecule has 5 heteroatoms. The minimum atomic E-state index is -0.0802. The fourth-order valence-electron chi connectivity index (χ4n) is 3.40. The molecular weight excluding hydrogens is 364 g/mol. The molecule has 1 aromatic heterocycles. The van der Waals surface area contributed by atoms with Crippen molar-refractivity contribution >= 4 is 5.91 Å². The summed E-state index contributed by atoms with van der Waals surface area (Å²) in [4.78, 5) is 12.9. The zero-order chi connectivity index (χ0) is 20.6. The number of nitrogens with one attached hydrogen (secondary N) is 1. The largest absolute Gasteiger partial charge is 0.492 e. The van der Waals surface area contributed by atoms with Crippen molar-refractivity contribution in [3.05, 3.63) is 71.9 Å². The Balaban J connectivity index is 2.07. The van der Waals surface area contributed by atoms with Crippen LogP contribution in [0.5, 0.6) is 5.75 Å². The van der Waals surface area contributed by atoms with Gasteiger partial charge in [-0.25, -0.2) is 0 Å². The predicted molar refractivity (Wildman–Crippen MR) is 116 cm³/mol. The Labute approximate surface area is 172 Å². The van der Waals surface area contributed by atoms with Crippen LogP contribution in [-0.4, -0.2) is 37.3 Å². The Morgan fingerprint density at radius 3 is 2.52 bits per heavy atom. The van der Waals surface area contributed by atoms with E-state index in [2.05, 4.69) is 22.0 Å². The molecule has 0 atom stereocenters. The van der Waals surface area contributed by atoms with E-state index in [1.807, 2.05) is 62.4 Å². The minimum absolute atomic E-state index is 0.0802. The molecule has 1 heterocycles. The van der Waals surface area contributed by atoms with Gasteiger partial charge in [-0.1, -0.05) is 42.5 Å². The zero-order valence-electron chi connectivity index (χ0n) is 17.3. The number of benzene rings is 2. The molecule has 0 bridgehead atoms. The lowest BCUT2D eigenvalue weighted by atomic mass is 10.1. The fourth-order valence-corrected chi connectivity index (χ4v) is 3.40. The Bertz CT molecular complexity index is 948. The van der Waals surface area contributed by atoms with E-state index in [4.69, 9.17) is 9.47 Å². The molecule has 3 aromatic rings. The van der Waals surface area contributed by atoms with E-state index in [0.29, 0.717) is 25.3 Å². The number of rotatable bonds is 9.